The Morgan fingerprint density at radius 1 is 0.662 bits per heavy atom. The van der Waals surface area contributed by atoms with Gasteiger partial charge >= 0.3 is 6.09 Å². The maximum Gasteiger partial charge on any atom is 0.410 e. The second-order valence-electron chi connectivity index (χ2n) is 19.0. The Morgan fingerprint density at radius 3 is 1.93 bits per heavy atom. The van der Waals surface area contributed by atoms with Gasteiger partial charge in [-0.25, -0.2) is 4.79 Å². The van der Waals surface area contributed by atoms with E-state index in [4.69, 9.17) is 23.7 Å². The Morgan fingerprint density at radius 2 is 1.26 bits per heavy atom. The first-order chi connectivity index (χ1) is 33.0. The molecule has 2 fully saturated rings. The average Bonchev–Trinajstić information content (AvgIpc) is 4.07. The average molecular weight is 929 g/mol. The minimum absolute atomic E-state index is 0.112. The lowest BCUT2D eigenvalue weighted by atomic mass is 9.95. The zero-order valence-electron chi connectivity index (χ0n) is 38.9. The number of rotatable bonds is 17. The normalized spacial score (nSPS) is 19.7. The molecule has 5 aromatic carbocycles. The molecule has 0 N–H and O–H groups in total. The van der Waals surface area contributed by atoms with Crippen molar-refractivity contribution in [2.24, 2.45) is 0 Å². The summed E-state index contributed by atoms with van der Waals surface area (Å²) < 4.78 is 35.2. The smallest absolute Gasteiger partial charge is 0.410 e. The second kappa shape index (κ2) is 19.1. The molecule has 5 heterocycles. The van der Waals surface area contributed by atoms with Crippen molar-refractivity contribution in [3.63, 3.8) is 0 Å². The summed E-state index contributed by atoms with van der Waals surface area (Å²) >= 11 is 0. The molecule has 0 radical (unpaired) electrons. The SMILES string of the molecule is COc1ccc(COC[C@H]2O[C@H](n3cc(C4=C(c5cn(COCC[Si](C)(C)C)c6ccccc56)C(=O)N(Cc5ccccc5)C4=O)c4ccccc43)C[C@@H]3[C@@H]2OC(=O)N3Cc2ccccc2)cc1. The van der Waals surface area contributed by atoms with Crippen LogP contribution in [0.15, 0.2) is 146 Å². The van der Waals surface area contributed by atoms with E-state index >= 15 is 9.59 Å². The maximum absolute atomic E-state index is 15.2. The highest BCUT2D eigenvalue weighted by atomic mass is 28.3. The number of imide groups is 1. The van der Waals surface area contributed by atoms with Crippen LogP contribution >= 0.6 is 0 Å². The molecule has 0 saturated carbocycles. The Balaban J connectivity index is 1.06. The van der Waals surface area contributed by atoms with E-state index in [-0.39, 0.29) is 31.0 Å². The zero-order valence-corrected chi connectivity index (χ0v) is 39.9. The van der Waals surface area contributed by atoms with E-state index in [2.05, 4.69) is 24.2 Å². The maximum atomic E-state index is 15.2. The fourth-order valence-electron chi connectivity index (χ4n) is 9.71. The van der Waals surface area contributed by atoms with Gasteiger partial charge in [-0.3, -0.25) is 19.4 Å². The van der Waals surface area contributed by atoms with Crippen LogP contribution in [0.4, 0.5) is 4.79 Å². The monoisotopic (exact) mass is 928 g/mol. The van der Waals surface area contributed by atoms with Crippen molar-refractivity contribution < 1.29 is 38.1 Å². The molecule has 10 rings (SSSR count). The van der Waals surface area contributed by atoms with Crippen molar-refractivity contribution in [2.45, 2.75) is 83.0 Å². The molecule has 68 heavy (non-hydrogen) atoms. The first-order valence-corrected chi connectivity index (χ1v) is 27.0. The molecular formula is C55H56N4O8Si. The van der Waals surface area contributed by atoms with Crippen LogP contribution in [-0.2, 0) is 55.0 Å². The molecule has 0 unspecified atom stereocenters. The van der Waals surface area contributed by atoms with Gasteiger partial charge in [-0.2, -0.15) is 0 Å². The summed E-state index contributed by atoms with van der Waals surface area (Å²) in [6.07, 6.45) is 2.09. The van der Waals surface area contributed by atoms with Crippen molar-refractivity contribution in [3.05, 3.63) is 174 Å². The first-order valence-electron chi connectivity index (χ1n) is 23.3. The molecule has 3 amide bonds. The number of hydrogen-bond acceptors (Lipinski definition) is 8. The van der Waals surface area contributed by atoms with Gasteiger partial charge in [0.15, 0.2) is 6.10 Å². The lowest BCUT2D eigenvalue weighted by molar-refractivity contribution is -0.168. The van der Waals surface area contributed by atoms with Crippen LogP contribution in [0, 0.1) is 0 Å². The first kappa shape index (κ1) is 45.0. The fourth-order valence-corrected chi connectivity index (χ4v) is 10.5. The standard InChI is InChI=1S/C55H56N4O8Si/c1-63-40-25-23-39(24-26-40)34-65-35-48-52-47(58(55(62)67-52)30-37-15-7-5-8-16-37)29-49(66-48)57-33-44(42-20-12-14-22-46(42)57)51-50(53(60)59(54(51)61)31-38-17-9-6-10-18-38)43-32-56(36-64-27-28-68(2,3)4)45-21-13-11-19-41(43)45/h5-26,32-33,47-49,52H,27-31,34-36H2,1-4H3/t47-,48-,49+,52+/m1/s1. The van der Waals surface area contributed by atoms with Gasteiger partial charge in [0.2, 0.25) is 0 Å². The Hall–Kier alpha value is -6.77. The predicted molar refractivity (Wildman–Crippen MR) is 264 cm³/mol. The minimum Gasteiger partial charge on any atom is -0.497 e. The molecule has 2 saturated heterocycles. The van der Waals surface area contributed by atoms with Gasteiger partial charge in [-0.05, 0) is 47.0 Å². The van der Waals surface area contributed by atoms with Crippen LogP contribution < -0.4 is 4.74 Å². The summed E-state index contributed by atoms with van der Waals surface area (Å²) in [5.41, 5.74) is 6.45. The summed E-state index contributed by atoms with van der Waals surface area (Å²) in [5.74, 6) is 0.0141. The number of amides is 3. The third-order valence-corrected chi connectivity index (χ3v) is 15.0. The number of carbonyl (C=O) groups excluding carboxylic acids is 3. The van der Waals surface area contributed by atoms with Crippen molar-refractivity contribution >= 4 is 58.9 Å². The second-order valence-corrected chi connectivity index (χ2v) is 24.7. The molecule has 348 valence electrons. The van der Waals surface area contributed by atoms with Gasteiger partial charge in [0, 0.05) is 61.9 Å². The minimum atomic E-state index is -1.33. The highest BCUT2D eigenvalue weighted by Gasteiger charge is 2.52. The quantitative estimate of drug-likeness (QED) is 0.0504. The van der Waals surface area contributed by atoms with Crippen molar-refractivity contribution in [1.29, 1.82) is 0 Å². The van der Waals surface area contributed by atoms with Crippen LogP contribution in [0.3, 0.4) is 0 Å². The number of benzene rings is 5. The molecule has 0 aliphatic carbocycles. The van der Waals surface area contributed by atoms with E-state index in [1.165, 1.54) is 4.90 Å². The third kappa shape index (κ3) is 9.02. The molecule has 3 aliphatic rings. The van der Waals surface area contributed by atoms with Crippen LogP contribution in [-0.4, -0.2) is 83.5 Å². The van der Waals surface area contributed by atoms with Crippen LogP contribution in [0.1, 0.15) is 40.5 Å². The molecule has 12 nitrogen and oxygen atoms in total. The number of para-hydroxylation sites is 2. The Kier molecular flexibility index (Phi) is 12.6. The van der Waals surface area contributed by atoms with E-state index < -0.39 is 32.6 Å². The summed E-state index contributed by atoms with van der Waals surface area (Å²) in [6, 6.07) is 43.7. The third-order valence-electron chi connectivity index (χ3n) is 13.3. The van der Waals surface area contributed by atoms with E-state index in [0.717, 1.165) is 50.3 Å². The van der Waals surface area contributed by atoms with Gasteiger partial charge in [0.05, 0.1) is 55.1 Å². The molecule has 4 atom stereocenters. The summed E-state index contributed by atoms with van der Waals surface area (Å²) in [6.45, 7) is 8.88. The molecule has 2 aromatic heterocycles. The van der Waals surface area contributed by atoms with Gasteiger partial charge in [-0.15, -0.1) is 0 Å². The van der Waals surface area contributed by atoms with E-state index in [1.54, 1.807) is 12.0 Å². The van der Waals surface area contributed by atoms with Crippen LogP contribution in [0.2, 0.25) is 25.7 Å². The van der Waals surface area contributed by atoms with Crippen molar-refractivity contribution in [3.8, 4) is 5.75 Å². The fraction of sp³-hybridized carbons (Fsp3) is 0.291. The molecule has 13 heteroatoms. The number of aromatic nitrogens is 2. The summed E-state index contributed by atoms with van der Waals surface area (Å²) in [5, 5.41) is 1.64. The van der Waals surface area contributed by atoms with Gasteiger partial charge in [0.25, 0.3) is 11.8 Å². The molecular weight excluding hydrogens is 873 g/mol. The van der Waals surface area contributed by atoms with E-state index in [1.807, 2.05) is 150 Å². The molecule has 0 bridgehead atoms. The highest BCUT2D eigenvalue weighted by Crippen LogP contribution is 2.45. The molecule has 7 aromatic rings. The number of methoxy groups -OCH3 is 1. The Bertz CT molecular complexity index is 3000. The van der Waals surface area contributed by atoms with Gasteiger partial charge < -0.3 is 32.8 Å². The number of hydrogen-bond donors (Lipinski definition) is 0. The number of carbonyl (C=O) groups is 3. The highest BCUT2D eigenvalue weighted by molar-refractivity contribution is 6.76. The van der Waals surface area contributed by atoms with E-state index in [0.29, 0.717) is 55.2 Å². The lowest BCUT2D eigenvalue weighted by Gasteiger charge is -2.39. The number of fused-ring (bicyclic) bond motifs is 3. The van der Waals surface area contributed by atoms with Gasteiger partial charge in [0.1, 0.15) is 24.8 Å². The lowest BCUT2D eigenvalue weighted by Crippen LogP contribution is -2.50. The largest absolute Gasteiger partial charge is 0.497 e. The van der Waals surface area contributed by atoms with Crippen LogP contribution in [0.25, 0.3) is 33.0 Å². The number of nitrogens with zero attached hydrogens (tertiary/aromatic N) is 4. The predicted octanol–water partition coefficient (Wildman–Crippen LogP) is 10.3. The van der Waals surface area contributed by atoms with Gasteiger partial charge in [-0.1, -0.05) is 129 Å². The summed E-state index contributed by atoms with van der Waals surface area (Å²) in [4.78, 5) is 47.3. The van der Waals surface area contributed by atoms with Crippen molar-refractivity contribution in [2.75, 3.05) is 20.3 Å². The van der Waals surface area contributed by atoms with Crippen LogP contribution in [0.5, 0.6) is 5.75 Å². The Labute approximate surface area is 397 Å². The topological polar surface area (TPSA) is 114 Å². The van der Waals surface area contributed by atoms with Crippen molar-refractivity contribution in [1.82, 2.24) is 18.9 Å². The molecule has 0 spiro atoms. The number of ether oxygens (including phenoxy) is 5. The summed E-state index contributed by atoms with van der Waals surface area (Å²) in [7, 11) is 0.303. The zero-order chi connectivity index (χ0) is 46.9. The molecule has 3 aliphatic heterocycles. The van der Waals surface area contributed by atoms with E-state index in [9.17, 15) is 4.79 Å².